The van der Waals surface area contributed by atoms with Gasteiger partial charge in [0.1, 0.15) is 9.84 Å². The Kier molecular flexibility index (Phi) is 3.74. The van der Waals surface area contributed by atoms with Crippen molar-refractivity contribution < 1.29 is 17.9 Å². The summed E-state index contributed by atoms with van der Waals surface area (Å²) < 4.78 is 34.1. The van der Waals surface area contributed by atoms with Crippen LogP contribution >= 0.6 is 0 Å². The summed E-state index contributed by atoms with van der Waals surface area (Å²) in [5.41, 5.74) is 0.957. The standard InChI is InChI=1S/C14H19NO4S/c16-20(17)8-4-11(5-9-20)15-12-2-3-13-14(10-12)19-7-1-6-18-13/h2-3,10-11,15H,1,4-9H2. The third kappa shape index (κ3) is 3.17. The highest BCUT2D eigenvalue weighted by Crippen LogP contribution is 2.33. The summed E-state index contributed by atoms with van der Waals surface area (Å²) in [4.78, 5) is 0. The monoisotopic (exact) mass is 297 g/mol. The van der Waals surface area contributed by atoms with Crippen molar-refractivity contribution in [3.8, 4) is 11.5 Å². The molecule has 110 valence electrons. The highest BCUT2D eigenvalue weighted by atomic mass is 32.2. The van der Waals surface area contributed by atoms with Crippen LogP contribution in [0.15, 0.2) is 18.2 Å². The lowest BCUT2D eigenvalue weighted by Gasteiger charge is -2.24. The van der Waals surface area contributed by atoms with Gasteiger partial charge in [0.15, 0.2) is 11.5 Å². The van der Waals surface area contributed by atoms with Crippen molar-refractivity contribution in [2.45, 2.75) is 25.3 Å². The third-order valence-electron chi connectivity index (χ3n) is 3.67. The molecule has 0 amide bonds. The molecule has 1 N–H and O–H groups in total. The molecule has 20 heavy (non-hydrogen) atoms. The zero-order valence-corrected chi connectivity index (χ0v) is 12.1. The number of fused-ring (bicyclic) bond motifs is 1. The van der Waals surface area contributed by atoms with E-state index in [0.29, 0.717) is 26.1 Å². The molecule has 0 spiro atoms. The molecule has 2 aliphatic rings. The number of hydrogen-bond donors (Lipinski definition) is 1. The van der Waals surface area contributed by atoms with Crippen molar-refractivity contribution >= 4 is 15.5 Å². The molecule has 0 unspecified atom stereocenters. The van der Waals surface area contributed by atoms with Gasteiger partial charge in [-0.25, -0.2) is 8.42 Å². The molecule has 3 rings (SSSR count). The van der Waals surface area contributed by atoms with Crippen LogP contribution in [0.2, 0.25) is 0 Å². The van der Waals surface area contributed by atoms with Crippen LogP contribution in [-0.2, 0) is 9.84 Å². The molecule has 1 aromatic rings. The van der Waals surface area contributed by atoms with Crippen molar-refractivity contribution in [2.75, 3.05) is 30.0 Å². The van der Waals surface area contributed by atoms with Gasteiger partial charge in [0.2, 0.25) is 0 Å². The first-order valence-electron chi connectivity index (χ1n) is 6.99. The summed E-state index contributed by atoms with van der Waals surface area (Å²) in [6.45, 7) is 1.35. The van der Waals surface area contributed by atoms with Crippen molar-refractivity contribution in [3.63, 3.8) is 0 Å². The molecule has 0 aliphatic carbocycles. The summed E-state index contributed by atoms with van der Waals surface area (Å²) in [5.74, 6) is 2.08. The average molecular weight is 297 g/mol. The molecule has 1 fully saturated rings. The van der Waals surface area contributed by atoms with Gasteiger partial charge in [0.05, 0.1) is 24.7 Å². The normalized spacial score (nSPS) is 22.0. The Bertz CT molecular complexity index is 571. The Morgan fingerprint density at radius 2 is 1.75 bits per heavy atom. The van der Waals surface area contributed by atoms with E-state index in [0.717, 1.165) is 23.6 Å². The second-order valence-corrected chi connectivity index (χ2v) is 7.59. The minimum atomic E-state index is -2.81. The van der Waals surface area contributed by atoms with E-state index in [1.54, 1.807) is 0 Å². The molecule has 0 saturated carbocycles. The Balaban J connectivity index is 1.68. The molecule has 5 nitrogen and oxygen atoms in total. The molecule has 2 heterocycles. The average Bonchev–Trinajstić information content (AvgIpc) is 2.66. The molecule has 6 heteroatoms. The van der Waals surface area contributed by atoms with Gasteiger partial charge < -0.3 is 14.8 Å². The summed E-state index contributed by atoms with van der Waals surface area (Å²) in [6.07, 6.45) is 2.21. The molecular weight excluding hydrogens is 278 g/mol. The number of ether oxygens (including phenoxy) is 2. The number of nitrogens with one attached hydrogen (secondary N) is 1. The molecular formula is C14H19NO4S. The van der Waals surface area contributed by atoms with Crippen LogP contribution in [0.4, 0.5) is 5.69 Å². The molecule has 0 aromatic heterocycles. The lowest BCUT2D eigenvalue weighted by atomic mass is 10.1. The maximum Gasteiger partial charge on any atom is 0.163 e. The van der Waals surface area contributed by atoms with E-state index in [9.17, 15) is 8.42 Å². The second kappa shape index (κ2) is 5.52. The quantitative estimate of drug-likeness (QED) is 0.902. The van der Waals surface area contributed by atoms with Crippen LogP contribution in [0, 0.1) is 0 Å². The van der Waals surface area contributed by atoms with Gasteiger partial charge >= 0.3 is 0 Å². The highest BCUT2D eigenvalue weighted by molar-refractivity contribution is 7.91. The molecule has 0 radical (unpaired) electrons. The van der Waals surface area contributed by atoms with E-state index >= 15 is 0 Å². The lowest BCUT2D eigenvalue weighted by Crippen LogP contribution is -2.32. The predicted molar refractivity (Wildman–Crippen MR) is 77.3 cm³/mol. The van der Waals surface area contributed by atoms with Gasteiger partial charge in [0.25, 0.3) is 0 Å². The number of sulfone groups is 1. The van der Waals surface area contributed by atoms with Gasteiger partial charge in [-0.15, -0.1) is 0 Å². The third-order valence-corrected chi connectivity index (χ3v) is 5.39. The first-order valence-corrected chi connectivity index (χ1v) is 8.81. The maximum atomic E-state index is 11.4. The topological polar surface area (TPSA) is 64.6 Å². The van der Waals surface area contributed by atoms with Gasteiger partial charge in [0, 0.05) is 24.2 Å². The number of rotatable bonds is 2. The number of anilines is 1. The Morgan fingerprint density at radius 1 is 1.05 bits per heavy atom. The Hall–Kier alpha value is -1.43. The summed E-state index contributed by atoms with van der Waals surface area (Å²) in [7, 11) is -2.81. The lowest BCUT2D eigenvalue weighted by molar-refractivity contribution is 0.297. The van der Waals surface area contributed by atoms with Crippen LogP contribution < -0.4 is 14.8 Å². The van der Waals surface area contributed by atoms with E-state index < -0.39 is 9.84 Å². The van der Waals surface area contributed by atoms with Gasteiger partial charge in [-0.1, -0.05) is 0 Å². The van der Waals surface area contributed by atoms with Crippen LogP contribution in [0.3, 0.4) is 0 Å². The predicted octanol–water partition coefficient (Wildman–Crippen LogP) is 1.84. The van der Waals surface area contributed by atoms with E-state index in [1.165, 1.54) is 0 Å². The molecule has 0 bridgehead atoms. The highest BCUT2D eigenvalue weighted by Gasteiger charge is 2.23. The van der Waals surface area contributed by atoms with Crippen LogP contribution in [0.25, 0.3) is 0 Å². The fourth-order valence-electron chi connectivity index (χ4n) is 2.52. The summed E-state index contributed by atoms with van der Waals surface area (Å²) in [5, 5.41) is 3.39. The van der Waals surface area contributed by atoms with Crippen LogP contribution in [-0.4, -0.2) is 39.2 Å². The fourth-order valence-corrected chi connectivity index (χ4v) is 4.01. The molecule has 1 aromatic carbocycles. The van der Waals surface area contributed by atoms with Gasteiger partial charge in [-0.2, -0.15) is 0 Å². The molecule has 0 atom stereocenters. The number of hydrogen-bond acceptors (Lipinski definition) is 5. The minimum absolute atomic E-state index is 0.211. The SMILES string of the molecule is O=S1(=O)CCC(Nc2ccc3c(c2)OCCCO3)CC1. The van der Waals surface area contributed by atoms with Crippen LogP contribution in [0.1, 0.15) is 19.3 Å². The fraction of sp³-hybridized carbons (Fsp3) is 0.571. The second-order valence-electron chi connectivity index (χ2n) is 5.28. The van der Waals surface area contributed by atoms with E-state index in [2.05, 4.69) is 5.32 Å². The summed E-state index contributed by atoms with van der Waals surface area (Å²) >= 11 is 0. The van der Waals surface area contributed by atoms with Crippen molar-refractivity contribution in [3.05, 3.63) is 18.2 Å². The maximum absolute atomic E-state index is 11.4. The minimum Gasteiger partial charge on any atom is -0.490 e. The van der Waals surface area contributed by atoms with Gasteiger partial charge in [-0.3, -0.25) is 0 Å². The van der Waals surface area contributed by atoms with Crippen LogP contribution in [0.5, 0.6) is 11.5 Å². The number of benzene rings is 1. The smallest absolute Gasteiger partial charge is 0.163 e. The molecule has 1 saturated heterocycles. The largest absolute Gasteiger partial charge is 0.490 e. The zero-order chi connectivity index (χ0) is 14.0. The Labute approximate surface area is 119 Å². The van der Waals surface area contributed by atoms with Crippen molar-refractivity contribution in [2.24, 2.45) is 0 Å². The van der Waals surface area contributed by atoms with E-state index in [4.69, 9.17) is 9.47 Å². The van der Waals surface area contributed by atoms with Crippen molar-refractivity contribution in [1.29, 1.82) is 0 Å². The van der Waals surface area contributed by atoms with Crippen molar-refractivity contribution in [1.82, 2.24) is 0 Å². The summed E-state index contributed by atoms with van der Waals surface area (Å²) in [6, 6.07) is 6.01. The first kappa shape index (κ1) is 13.5. The Morgan fingerprint density at radius 3 is 2.50 bits per heavy atom. The van der Waals surface area contributed by atoms with E-state index in [1.807, 2.05) is 18.2 Å². The molecule has 2 aliphatic heterocycles. The van der Waals surface area contributed by atoms with E-state index in [-0.39, 0.29) is 17.5 Å². The first-order chi connectivity index (χ1) is 9.62. The van der Waals surface area contributed by atoms with Gasteiger partial charge in [-0.05, 0) is 25.0 Å². The zero-order valence-electron chi connectivity index (χ0n) is 11.3.